The summed E-state index contributed by atoms with van der Waals surface area (Å²) in [7, 11) is 0. The highest BCUT2D eigenvalue weighted by Gasteiger charge is 2.33. The predicted octanol–water partition coefficient (Wildman–Crippen LogP) is 5.12. The fraction of sp³-hybridized carbons (Fsp3) is 0.150. The number of fused-ring (bicyclic) bond motifs is 3. The van der Waals surface area contributed by atoms with E-state index in [0.29, 0.717) is 39.1 Å². The van der Waals surface area contributed by atoms with E-state index in [1.807, 2.05) is 6.92 Å². The van der Waals surface area contributed by atoms with Gasteiger partial charge in [-0.2, -0.15) is 18.3 Å². The van der Waals surface area contributed by atoms with Gasteiger partial charge in [-0.1, -0.05) is 12.1 Å². The van der Waals surface area contributed by atoms with Crippen molar-refractivity contribution in [2.45, 2.75) is 19.5 Å². The molecule has 29 heavy (non-hydrogen) atoms. The molecule has 1 N–H and O–H groups in total. The maximum Gasteiger partial charge on any atom is 0.417 e. The number of aromatic amines is 1. The molecular formula is C20H12F3N3O2S. The van der Waals surface area contributed by atoms with Gasteiger partial charge in [0.05, 0.1) is 16.0 Å². The third-order valence-electron chi connectivity index (χ3n) is 4.75. The summed E-state index contributed by atoms with van der Waals surface area (Å²) in [5, 5.41) is 9.03. The Labute approximate surface area is 165 Å². The summed E-state index contributed by atoms with van der Waals surface area (Å²) in [6.45, 7) is 1.82. The smallest absolute Gasteiger partial charge is 0.408 e. The average molecular weight is 415 g/mol. The number of hydrogen-bond acceptors (Lipinski definition) is 5. The Kier molecular flexibility index (Phi) is 3.79. The number of aromatic nitrogens is 1. The van der Waals surface area contributed by atoms with Crippen molar-refractivity contribution in [1.29, 1.82) is 0 Å². The fourth-order valence-electron chi connectivity index (χ4n) is 3.49. The molecule has 0 unspecified atom stereocenters. The molecule has 1 aliphatic rings. The molecule has 0 saturated heterocycles. The number of halogens is 3. The molecule has 0 atom stereocenters. The highest BCUT2D eigenvalue weighted by atomic mass is 32.1. The van der Waals surface area contributed by atoms with E-state index in [4.69, 9.17) is 4.42 Å². The highest BCUT2D eigenvalue weighted by Crippen LogP contribution is 2.39. The molecule has 0 saturated carbocycles. The van der Waals surface area contributed by atoms with Crippen LogP contribution in [-0.2, 0) is 12.6 Å². The molecule has 0 bridgehead atoms. The zero-order valence-corrected chi connectivity index (χ0v) is 15.7. The van der Waals surface area contributed by atoms with E-state index in [2.05, 4.69) is 15.2 Å². The van der Waals surface area contributed by atoms with Gasteiger partial charge in [-0.3, -0.25) is 4.98 Å². The average Bonchev–Trinajstić information content (AvgIpc) is 3.18. The number of thiophene rings is 1. The first-order valence-electron chi connectivity index (χ1n) is 8.67. The van der Waals surface area contributed by atoms with Crippen LogP contribution in [0.5, 0.6) is 0 Å². The number of nitrogens with one attached hydrogen (secondary N) is 1. The van der Waals surface area contributed by atoms with Crippen LogP contribution < -0.4 is 5.76 Å². The second kappa shape index (κ2) is 6.15. The lowest BCUT2D eigenvalue weighted by Crippen LogP contribution is -2.05. The van der Waals surface area contributed by atoms with Crippen molar-refractivity contribution in [2.24, 2.45) is 10.2 Å². The van der Waals surface area contributed by atoms with Gasteiger partial charge < -0.3 is 4.42 Å². The molecular weight excluding hydrogens is 403 g/mol. The molecule has 0 aliphatic carbocycles. The second-order valence-corrected chi connectivity index (χ2v) is 7.87. The molecule has 0 spiro atoms. The van der Waals surface area contributed by atoms with Gasteiger partial charge in [0.2, 0.25) is 0 Å². The second-order valence-electron chi connectivity index (χ2n) is 6.81. The van der Waals surface area contributed by atoms with Gasteiger partial charge >= 0.3 is 11.9 Å². The molecule has 0 amide bonds. The minimum absolute atomic E-state index is 0.151. The molecule has 146 valence electrons. The standard InChI is InChI=1S/C20H12F3N3O2S/c1-9-5-11-6-14-15(28-19(27)24-14)8-12(11)17(26-25-9)16-7-10-3-2-4-13(18(10)29-16)20(21,22)23/h2-4,6-8H,5H2,1H3,(H,24,27). The van der Waals surface area contributed by atoms with Crippen LogP contribution in [0.15, 0.2) is 55.8 Å². The number of oxazole rings is 1. The molecule has 0 fully saturated rings. The van der Waals surface area contributed by atoms with Gasteiger partial charge in [0.15, 0.2) is 5.58 Å². The lowest BCUT2D eigenvalue weighted by molar-refractivity contribution is -0.136. The number of alkyl halides is 3. The van der Waals surface area contributed by atoms with E-state index in [9.17, 15) is 18.0 Å². The van der Waals surface area contributed by atoms with Gasteiger partial charge in [0, 0.05) is 22.4 Å². The van der Waals surface area contributed by atoms with Crippen LogP contribution in [0.2, 0.25) is 0 Å². The Bertz CT molecular complexity index is 1410. The van der Waals surface area contributed by atoms with Crippen molar-refractivity contribution >= 4 is 43.9 Å². The van der Waals surface area contributed by atoms with Crippen LogP contribution in [0.25, 0.3) is 21.2 Å². The minimum atomic E-state index is -4.44. The summed E-state index contributed by atoms with van der Waals surface area (Å²) < 4.78 is 45.5. The molecule has 0 radical (unpaired) electrons. The third kappa shape index (κ3) is 2.98. The molecule has 4 aromatic rings. The first-order chi connectivity index (χ1) is 13.8. The molecule has 9 heteroatoms. The van der Waals surface area contributed by atoms with Crippen LogP contribution >= 0.6 is 11.3 Å². The summed E-state index contributed by atoms with van der Waals surface area (Å²) in [5.74, 6) is -0.569. The summed E-state index contributed by atoms with van der Waals surface area (Å²) in [5.41, 5.74) is 2.99. The minimum Gasteiger partial charge on any atom is -0.408 e. The zero-order valence-electron chi connectivity index (χ0n) is 14.9. The van der Waals surface area contributed by atoms with Gasteiger partial charge in [-0.15, -0.1) is 16.4 Å². The summed E-state index contributed by atoms with van der Waals surface area (Å²) >= 11 is 1.02. The molecule has 3 heterocycles. The normalized spacial score (nSPS) is 14.6. The van der Waals surface area contributed by atoms with E-state index >= 15 is 0 Å². The third-order valence-corrected chi connectivity index (χ3v) is 5.94. The number of benzene rings is 2. The first-order valence-corrected chi connectivity index (χ1v) is 9.48. The largest absolute Gasteiger partial charge is 0.417 e. The van der Waals surface area contributed by atoms with Crippen molar-refractivity contribution in [3.8, 4) is 0 Å². The van der Waals surface area contributed by atoms with E-state index in [-0.39, 0.29) is 4.70 Å². The summed E-state index contributed by atoms with van der Waals surface area (Å²) in [4.78, 5) is 14.7. The van der Waals surface area contributed by atoms with Crippen LogP contribution in [0.3, 0.4) is 0 Å². The molecule has 1 aliphatic heterocycles. The molecule has 2 aromatic heterocycles. The van der Waals surface area contributed by atoms with E-state index in [1.165, 1.54) is 6.07 Å². The van der Waals surface area contributed by atoms with Crippen molar-refractivity contribution < 1.29 is 17.6 Å². The number of rotatable bonds is 1. The zero-order chi connectivity index (χ0) is 20.3. The Morgan fingerprint density at radius 2 is 2.00 bits per heavy atom. The fourth-order valence-corrected chi connectivity index (χ4v) is 4.69. The van der Waals surface area contributed by atoms with Gasteiger partial charge in [0.1, 0.15) is 5.71 Å². The van der Waals surface area contributed by atoms with Gasteiger partial charge in [-0.25, -0.2) is 4.79 Å². The molecule has 5 rings (SSSR count). The summed E-state index contributed by atoms with van der Waals surface area (Å²) in [6, 6.07) is 9.28. The van der Waals surface area contributed by atoms with Crippen LogP contribution in [0.1, 0.15) is 28.5 Å². The highest BCUT2D eigenvalue weighted by molar-refractivity contribution is 7.21. The quantitative estimate of drug-likeness (QED) is 0.469. The Morgan fingerprint density at radius 1 is 1.17 bits per heavy atom. The predicted molar refractivity (Wildman–Crippen MR) is 106 cm³/mol. The van der Waals surface area contributed by atoms with E-state index in [0.717, 1.165) is 28.7 Å². The Morgan fingerprint density at radius 3 is 2.79 bits per heavy atom. The Hall–Kier alpha value is -3.20. The van der Waals surface area contributed by atoms with Gasteiger partial charge in [-0.05, 0) is 42.1 Å². The van der Waals surface area contributed by atoms with E-state index in [1.54, 1.807) is 24.3 Å². The number of hydrogen-bond donors (Lipinski definition) is 1. The topological polar surface area (TPSA) is 70.7 Å². The van der Waals surface area contributed by atoms with Crippen molar-refractivity contribution in [3.05, 3.63) is 68.5 Å². The number of nitrogens with zero attached hydrogens (tertiary/aromatic N) is 2. The molecule has 2 aromatic carbocycles. The van der Waals surface area contributed by atoms with Crippen LogP contribution in [0.4, 0.5) is 13.2 Å². The SMILES string of the molecule is CC1=NN=C(c2cc3cccc(C(F)(F)F)c3s2)c2cc3oc(=O)[nH]c3cc2C1. The first kappa shape index (κ1) is 17.9. The van der Waals surface area contributed by atoms with E-state index < -0.39 is 17.5 Å². The summed E-state index contributed by atoms with van der Waals surface area (Å²) in [6.07, 6.45) is -3.94. The maximum absolute atomic E-state index is 13.4. The monoisotopic (exact) mass is 415 g/mol. The lowest BCUT2D eigenvalue weighted by atomic mass is 9.97. The van der Waals surface area contributed by atoms with Crippen molar-refractivity contribution in [3.63, 3.8) is 0 Å². The molecule has 5 nitrogen and oxygen atoms in total. The maximum atomic E-state index is 13.4. The van der Waals surface area contributed by atoms with Crippen LogP contribution in [-0.4, -0.2) is 16.4 Å². The van der Waals surface area contributed by atoms with Crippen LogP contribution in [0, 0.1) is 0 Å². The van der Waals surface area contributed by atoms with Gasteiger partial charge in [0.25, 0.3) is 0 Å². The van der Waals surface area contributed by atoms with Crippen molar-refractivity contribution in [1.82, 2.24) is 4.98 Å². The lowest BCUT2D eigenvalue weighted by Gasteiger charge is -2.08. The number of H-pyrrole nitrogens is 1. The Balaban J connectivity index is 1.76. The van der Waals surface area contributed by atoms with Crippen molar-refractivity contribution in [2.75, 3.05) is 0 Å².